The van der Waals surface area contributed by atoms with Gasteiger partial charge in [-0.1, -0.05) is 11.6 Å². The molecule has 2 heterocycles. The lowest BCUT2D eigenvalue weighted by Gasteiger charge is -2.32. The lowest BCUT2D eigenvalue weighted by atomic mass is 10.0. The van der Waals surface area contributed by atoms with Gasteiger partial charge in [-0.05, 0) is 37.1 Å². The first-order valence-electron chi connectivity index (χ1n) is 6.99. The van der Waals surface area contributed by atoms with Crippen LogP contribution in [0.25, 0.3) is 10.9 Å². The number of benzene rings is 1. The number of piperidine rings is 1. The van der Waals surface area contributed by atoms with Gasteiger partial charge in [0.15, 0.2) is 0 Å². The van der Waals surface area contributed by atoms with Crippen LogP contribution in [0.4, 0.5) is 10.5 Å². The molecule has 6 heteroatoms. The van der Waals surface area contributed by atoms with E-state index in [0.717, 1.165) is 29.4 Å². The van der Waals surface area contributed by atoms with Crippen LogP contribution in [0, 0.1) is 0 Å². The van der Waals surface area contributed by atoms with Crippen LogP contribution in [0.1, 0.15) is 12.8 Å². The summed E-state index contributed by atoms with van der Waals surface area (Å²) < 4.78 is 0. The predicted molar refractivity (Wildman–Crippen MR) is 84.6 cm³/mol. The van der Waals surface area contributed by atoms with Crippen LogP contribution in [-0.4, -0.2) is 35.0 Å². The van der Waals surface area contributed by atoms with E-state index >= 15 is 0 Å². The number of halogens is 1. The van der Waals surface area contributed by atoms with E-state index in [2.05, 4.69) is 10.3 Å². The third kappa shape index (κ3) is 2.88. The smallest absolute Gasteiger partial charge is 0.314 e. The van der Waals surface area contributed by atoms with Crippen LogP contribution in [-0.2, 0) is 0 Å². The van der Waals surface area contributed by atoms with E-state index in [9.17, 15) is 4.79 Å². The van der Waals surface area contributed by atoms with E-state index < -0.39 is 0 Å². The van der Waals surface area contributed by atoms with Crippen LogP contribution < -0.4 is 11.1 Å². The van der Waals surface area contributed by atoms with Gasteiger partial charge in [-0.25, -0.2) is 4.79 Å². The maximum absolute atomic E-state index is 11.1. The summed E-state index contributed by atoms with van der Waals surface area (Å²) >= 11 is 6.18. The van der Waals surface area contributed by atoms with E-state index in [1.165, 1.54) is 0 Å². The van der Waals surface area contributed by atoms with Gasteiger partial charge in [0.25, 0.3) is 0 Å². The van der Waals surface area contributed by atoms with Crippen molar-refractivity contribution in [2.75, 3.05) is 18.4 Å². The molecule has 5 nitrogen and oxygen atoms in total. The SMILES string of the molecule is NC(=O)N1CCC(Nc2ccc(Cl)c3ncccc23)CC1. The highest BCUT2D eigenvalue weighted by Gasteiger charge is 2.21. The number of nitrogens with one attached hydrogen (secondary N) is 1. The van der Waals surface area contributed by atoms with Gasteiger partial charge in [0, 0.05) is 36.4 Å². The average molecular weight is 305 g/mol. The summed E-state index contributed by atoms with van der Waals surface area (Å²) in [6.07, 6.45) is 3.50. The largest absolute Gasteiger partial charge is 0.382 e. The maximum Gasteiger partial charge on any atom is 0.314 e. The summed E-state index contributed by atoms with van der Waals surface area (Å²) in [5.41, 5.74) is 7.13. The molecule has 0 aliphatic carbocycles. The molecule has 1 fully saturated rings. The molecule has 1 aromatic carbocycles. The average Bonchev–Trinajstić information content (AvgIpc) is 2.51. The van der Waals surface area contributed by atoms with Crippen molar-refractivity contribution in [1.29, 1.82) is 0 Å². The minimum Gasteiger partial charge on any atom is -0.382 e. The van der Waals surface area contributed by atoms with Gasteiger partial charge >= 0.3 is 6.03 Å². The van der Waals surface area contributed by atoms with Gasteiger partial charge < -0.3 is 16.0 Å². The van der Waals surface area contributed by atoms with Crippen LogP contribution >= 0.6 is 11.6 Å². The molecule has 0 bridgehead atoms. The first-order valence-corrected chi connectivity index (χ1v) is 7.37. The fourth-order valence-corrected chi connectivity index (χ4v) is 2.94. The number of hydrogen-bond acceptors (Lipinski definition) is 3. The lowest BCUT2D eigenvalue weighted by molar-refractivity contribution is 0.193. The topological polar surface area (TPSA) is 71.2 Å². The quantitative estimate of drug-likeness (QED) is 0.896. The molecule has 2 amide bonds. The number of pyridine rings is 1. The number of primary amides is 1. The Morgan fingerprint density at radius 1 is 1.33 bits per heavy atom. The van der Waals surface area contributed by atoms with Gasteiger partial charge in [-0.2, -0.15) is 0 Å². The standard InChI is InChI=1S/C15H17ClN4O/c16-12-3-4-13(11-2-1-7-18-14(11)12)19-10-5-8-20(9-6-10)15(17)21/h1-4,7,10,19H,5-6,8-9H2,(H2,17,21). The van der Waals surface area contributed by atoms with E-state index in [-0.39, 0.29) is 6.03 Å². The minimum absolute atomic E-state index is 0.324. The molecule has 3 rings (SSSR count). The van der Waals surface area contributed by atoms with Gasteiger partial charge in [0.2, 0.25) is 0 Å². The number of carbonyl (C=O) groups excluding carboxylic acids is 1. The van der Waals surface area contributed by atoms with Crippen molar-refractivity contribution in [2.45, 2.75) is 18.9 Å². The number of rotatable bonds is 2. The molecule has 1 saturated heterocycles. The van der Waals surface area contributed by atoms with Crippen molar-refractivity contribution >= 4 is 34.2 Å². The Labute approximate surface area is 128 Å². The van der Waals surface area contributed by atoms with Gasteiger partial charge in [-0.3, -0.25) is 4.98 Å². The summed E-state index contributed by atoms with van der Waals surface area (Å²) in [6.45, 7) is 1.38. The van der Waals surface area contributed by atoms with E-state index in [4.69, 9.17) is 17.3 Å². The fourth-order valence-electron chi connectivity index (χ4n) is 2.73. The van der Waals surface area contributed by atoms with Gasteiger partial charge in [0.1, 0.15) is 0 Å². The molecule has 110 valence electrons. The Balaban J connectivity index is 1.77. The first kappa shape index (κ1) is 13.9. The summed E-state index contributed by atoms with van der Waals surface area (Å²) in [7, 11) is 0. The number of nitrogens with zero attached hydrogens (tertiary/aromatic N) is 2. The Kier molecular flexibility index (Phi) is 3.84. The van der Waals surface area contributed by atoms with Crippen molar-refractivity contribution in [1.82, 2.24) is 9.88 Å². The first-order chi connectivity index (χ1) is 10.1. The number of nitrogens with two attached hydrogens (primary N) is 1. The molecule has 2 aromatic rings. The number of aromatic nitrogens is 1. The van der Waals surface area contributed by atoms with E-state index in [1.54, 1.807) is 11.1 Å². The zero-order valence-corrected chi connectivity index (χ0v) is 12.3. The monoisotopic (exact) mass is 304 g/mol. The van der Waals surface area contributed by atoms with Gasteiger partial charge in [0.05, 0.1) is 10.5 Å². The number of anilines is 1. The Morgan fingerprint density at radius 3 is 2.81 bits per heavy atom. The Bertz CT molecular complexity index is 668. The van der Waals surface area contributed by atoms with Crippen LogP contribution in [0.5, 0.6) is 0 Å². The second-order valence-corrected chi connectivity index (χ2v) is 5.65. The molecule has 0 saturated carbocycles. The van der Waals surface area contributed by atoms with Crippen molar-refractivity contribution in [3.63, 3.8) is 0 Å². The van der Waals surface area contributed by atoms with Crippen molar-refractivity contribution in [2.24, 2.45) is 5.73 Å². The summed E-state index contributed by atoms with van der Waals surface area (Å²) in [6, 6.07) is 7.74. The van der Waals surface area contributed by atoms with Crippen molar-refractivity contribution < 1.29 is 4.79 Å². The third-order valence-electron chi connectivity index (χ3n) is 3.89. The molecule has 0 unspecified atom stereocenters. The van der Waals surface area contributed by atoms with E-state index in [0.29, 0.717) is 24.2 Å². The molecule has 1 aliphatic heterocycles. The number of likely N-dealkylation sites (tertiary alicyclic amines) is 1. The minimum atomic E-state index is -0.338. The fraction of sp³-hybridized carbons (Fsp3) is 0.333. The zero-order chi connectivity index (χ0) is 14.8. The third-order valence-corrected chi connectivity index (χ3v) is 4.19. The highest BCUT2D eigenvalue weighted by atomic mass is 35.5. The van der Waals surface area contributed by atoms with Crippen molar-refractivity contribution in [3.05, 3.63) is 35.5 Å². The number of urea groups is 1. The normalized spacial score (nSPS) is 16.1. The molecular weight excluding hydrogens is 288 g/mol. The van der Waals surface area contributed by atoms with E-state index in [1.807, 2.05) is 24.3 Å². The van der Waals surface area contributed by atoms with Crippen LogP contribution in [0.2, 0.25) is 5.02 Å². The predicted octanol–water partition coefficient (Wildman–Crippen LogP) is 2.84. The molecular formula is C15H17ClN4O. The highest BCUT2D eigenvalue weighted by Crippen LogP contribution is 2.29. The number of fused-ring (bicyclic) bond motifs is 1. The summed E-state index contributed by atoms with van der Waals surface area (Å²) in [5, 5.41) is 5.20. The summed E-state index contributed by atoms with van der Waals surface area (Å²) in [5.74, 6) is 0. The molecule has 21 heavy (non-hydrogen) atoms. The molecule has 0 spiro atoms. The lowest BCUT2D eigenvalue weighted by Crippen LogP contribution is -2.44. The highest BCUT2D eigenvalue weighted by molar-refractivity contribution is 6.35. The Morgan fingerprint density at radius 2 is 2.10 bits per heavy atom. The molecule has 0 atom stereocenters. The van der Waals surface area contributed by atoms with Crippen molar-refractivity contribution in [3.8, 4) is 0 Å². The number of hydrogen-bond donors (Lipinski definition) is 2. The second-order valence-electron chi connectivity index (χ2n) is 5.24. The Hall–Kier alpha value is -2.01. The molecule has 1 aromatic heterocycles. The second kappa shape index (κ2) is 5.77. The number of amides is 2. The molecule has 1 aliphatic rings. The summed E-state index contributed by atoms with van der Waals surface area (Å²) in [4.78, 5) is 17.1. The maximum atomic E-state index is 11.1. The molecule has 0 radical (unpaired) electrons. The number of carbonyl (C=O) groups is 1. The van der Waals surface area contributed by atoms with Crippen LogP contribution in [0.15, 0.2) is 30.5 Å². The zero-order valence-electron chi connectivity index (χ0n) is 11.6. The van der Waals surface area contributed by atoms with Crippen LogP contribution in [0.3, 0.4) is 0 Å². The molecule has 3 N–H and O–H groups in total. The van der Waals surface area contributed by atoms with Gasteiger partial charge in [-0.15, -0.1) is 0 Å².